The number of rotatable bonds is 2. The van der Waals surface area contributed by atoms with Crippen molar-refractivity contribution in [3.63, 3.8) is 0 Å². The van der Waals surface area contributed by atoms with Gasteiger partial charge in [-0.1, -0.05) is 47.5 Å². The van der Waals surface area contributed by atoms with Crippen molar-refractivity contribution in [2.75, 3.05) is 0 Å². The lowest BCUT2D eigenvalue weighted by atomic mass is 9.78. The first kappa shape index (κ1) is 15.7. The second-order valence-electron chi connectivity index (χ2n) is 6.38. The summed E-state index contributed by atoms with van der Waals surface area (Å²) in [5, 5.41) is 6.21. The minimum Gasteiger partial charge on any atom is -0.302 e. The van der Waals surface area contributed by atoms with Crippen LogP contribution in [0.4, 0.5) is 0 Å². The van der Waals surface area contributed by atoms with Crippen LogP contribution in [0.3, 0.4) is 0 Å². The van der Waals surface area contributed by atoms with Crippen LogP contribution in [0, 0.1) is 5.92 Å². The number of nitrogens with zero attached hydrogens (tertiary/aromatic N) is 1. The van der Waals surface area contributed by atoms with E-state index in [1.807, 2.05) is 24.3 Å². The van der Waals surface area contributed by atoms with Crippen molar-refractivity contribution in [3.05, 3.63) is 75.3 Å². The maximum absolute atomic E-state index is 6.01. The molecular formula is C20H18Cl2N2. The molecule has 2 aromatic carbocycles. The first-order chi connectivity index (χ1) is 11.7. The van der Waals surface area contributed by atoms with Crippen LogP contribution >= 0.6 is 23.2 Å². The van der Waals surface area contributed by atoms with E-state index >= 15 is 0 Å². The van der Waals surface area contributed by atoms with E-state index in [9.17, 15) is 0 Å². The van der Waals surface area contributed by atoms with Crippen LogP contribution < -0.4 is 5.43 Å². The minimum absolute atomic E-state index is 0.242. The zero-order chi connectivity index (χ0) is 16.5. The molecule has 24 heavy (non-hydrogen) atoms. The van der Waals surface area contributed by atoms with Gasteiger partial charge in [0.05, 0.1) is 11.8 Å². The average molecular weight is 357 g/mol. The van der Waals surface area contributed by atoms with E-state index < -0.39 is 0 Å². The van der Waals surface area contributed by atoms with Gasteiger partial charge in [0.1, 0.15) is 0 Å². The van der Waals surface area contributed by atoms with Crippen LogP contribution in [0.25, 0.3) is 6.08 Å². The normalized spacial score (nSPS) is 24.4. The molecule has 2 nitrogen and oxygen atoms in total. The number of hydrazone groups is 1. The quantitative estimate of drug-likeness (QED) is 0.713. The number of hydrogen-bond acceptors (Lipinski definition) is 2. The van der Waals surface area contributed by atoms with Gasteiger partial charge in [-0.25, -0.2) is 0 Å². The summed E-state index contributed by atoms with van der Waals surface area (Å²) in [6, 6.07) is 16.3. The minimum atomic E-state index is 0.242. The first-order valence-electron chi connectivity index (χ1n) is 8.26. The van der Waals surface area contributed by atoms with Crippen molar-refractivity contribution in [2.45, 2.75) is 25.3 Å². The molecule has 0 amide bonds. The third-order valence-corrected chi connectivity index (χ3v) is 5.31. The Labute approximate surface area is 152 Å². The molecule has 2 unspecified atom stereocenters. The smallest absolute Gasteiger partial charge is 0.0773 e. The lowest BCUT2D eigenvalue weighted by molar-refractivity contribution is 0.451. The Morgan fingerprint density at radius 1 is 0.958 bits per heavy atom. The lowest BCUT2D eigenvalue weighted by Crippen LogP contribution is -2.25. The number of halogens is 2. The maximum Gasteiger partial charge on any atom is 0.0773 e. The highest BCUT2D eigenvalue weighted by atomic mass is 35.5. The summed E-state index contributed by atoms with van der Waals surface area (Å²) < 4.78 is 0. The molecule has 0 spiro atoms. The fraction of sp³-hybridized carbons (Fsp3) is 0.250. The SMILES string of the molecule is Clc1ccc(/C=C2\CCCC3C2=NNC3c2ccc(Cl)cc2)cc1. The van der Waals surface area contributed by atoms with E-state index in [2.05, 4.69) is 40.9 Å². The number of benzene rings is 2. The highest BCUT2D eigenvalue weighted by molar-refractivity contribution is 6.30. The van der Waals surface area contributed by atoms with E-state index in [0.29, 0.717) is 5.92 Å². The standard InChI is InChI=1S/C20H18Cl2N2/c21-16-8-4-13(5-9-16)12-15-2-1-3-18-19(23-24-20(15)18)14-6-10-17(22)11-7-14/h4-12,18-19,23H,1-3H2/b15-12+. The molecular weight excluding hydrogens is 339 g/mol. The average Bonchev–Trinajstić information content (AvgIpc) is 3.03. The topological polar surface area (TPSA) is 24.4 Å². The summed E-state index contributed by atoms with van der Waals surface area (Å²) in [5.41, 5.74) is 8.30. The summed E-state index contributed by atoms with van der Waals surface area (Å²) in [6.07, 6.45) is 5.67. The van der Waals surface area contributed by atoms with Gasteiger partial charge in [-0.05, 0) is 66.3 Å². The lowest BCUT2D eigenvalue weighted by Gasteiger charge is -2.26. The van der Waals surface area contributed by atoms with Crippen molar-refractivity contribution >= 4 is 35.0 Å². The van der Waals surface area contributed by atoms with E-state index in [1.165, 1.54) is 28.8 Å². The molecule has 1 N–H and O–H groups in total. The Morgan fingerprint density at radius 2 is 1.62 bits per heavy atom. The molecule has 1 aliphatic heterocycles. The molecule has 1 heterocycles. The molecule has 2 aromatic rings. The van der Waals surface area contributed by atoms with Gasteiger partial charge in [0.25, 0.3) is 0 Å². The fourth-order valence-electron chi connectivity index (χ4n) is 3.61. The van der Waals surface area contributed by atoms with Crippen molar-refractivity contribution in [1.29, 1.82) is 0 Å². The van der Waals surface area contributed by atoms with Gasteiger partial charge >= 0.3 is 0 Å². The number of fused-ring (bicyclic) bond motifs is 1. The molecule has 2 aliphatic rings. The zero-order valence-corrected chi connectivity index (χ0v) is 14.7. The zero-order valence-electron chi connectivity index (χ0n) is 13.2. The largest absolute Gasteiger partial charge is 0.302 e. The van der Waals surface area contributed by atoms with Crippen molar-refractivity contribution in [3.8, 4) is 0 Å². The van der Waals surface area contributed by atoms with E-state index in [1.54, 1.807) is 0 Å². The Hall–Kier alpha value is -1.77. The fourth-order valence-corrected chi connectivity index (χ4v) is 3.86. The van der Waals surface area contributed by atoms with Crippen LogP contribution in [0.1, 0.15) is 36.4 Å². The summed E-state index contributed by atoms with van der Waals surface area (Å²) >= 11 is 12.0. The van der Waals surface area contributed by atoms with Gasteiger partial charge in [-0.3, -0.25) is 0 Å². The van der Waals surface area contributed by atoms with Crippen molar-refractivity contribution in [2.24, 2.45) is 11.0 Å². The highest BCUT2D eigenvalue weighted by Crippen LogP contribution is 2.39. The molecule has 122 valence electrons. The van der Waals surface area contributed by atoms with Crippen LogP contribution in [-0.2, 0) is 0 Å². The molecule has 4 heteroatoms. The molecule has 0 bridgehead atoms. The molecule has 2 atom stereocenters. The Balaban J connectivity index is 1.60. The van der Waals surface area contributed by atoms with Gasteiger partial charge in [0.15, 0.2) is 0 Å². The summed E-state index contributed by atoms with van der Waals surface area (Å²) in [4.78, 5) is 0. The van der Waals surface area contributed by atoms with Gasteiger partial charge in [0, 0.05) is 16.0 Å². The monoisotopic (exact) mass is 356 g/mol. The van der Waals surface area contributed by atoms with E-state index in [0.717, 1.165) is 22.9 Å². The molecule has 0 aromatic heterocycles. The van der Waals surface area contributed by atoms with Crippen LogP contribution in [0.15, 0.2) is 59.2 Å². The summed E-state index contributed by atoms with van der Waals surface area (Å²) in [7, 11) is 0. The van der Waals surface area contributed by atoms with E-state index in [-0.39, 0.29) is 6.04 Å². The molecule has 0 saturated heterocycles. The second-order valence-corrected chi connectivity index (χ2v) is 7.25. The highest BCUT2D eigenvalue weighted by Gasteiger charge is 2.36. The molecule has 0 radical (unpaired) electrons. The van der Waals surface area contributed by atoms with Gasteiger partial charge in [-0.2, -0.15) is 5.10 Å². The Bertz CT molecular complexity index is 791. The molecule has 1 aliphatic carbocycles. The van der Waals surface area contributed by atoms with Gasteiger partial charge in [-0.15, -0.1) is 0 Å². The maximum atomic E-state index is 6.01. The molecule has 1 fully saturated rings. The number of allylic oxidation sites excluding steroid dienone is 1. The van der Waals surface area contributed by atoms with Gasteiger partial charge in [0.2, 0.25) is 0 Å². The Kier molecular flexibility index (Phi) is 4.34. The predicted molar refractivity (Wildman–Crippen MR) is 102 cm³/mol. The van der Waals surface area contributed by atoms with E-state index in [4.69, 9.17) is 23.2 Å². The first-order valence-corrected chi connectivity index (χ1v) is 9.01. The number of hydrogen-bond donors (Lipinski definition) is 1. The predicted octanol–water partition coefficient (Wildman–Crippen LogP) is 5.88. The molecule has 1 saturated carbocycles. The third-order valence-electron chi connectivity index (χ3n) is 4.81. The van der Waals surface area contributed by atoms with Gasteiger partial charge < -0.3 is 5.43 Å². The molecule has 4 rings (SSSR count). The second kappa shape index (κ2) is 6.62. The third kappa shape index (κ3) is 3.09. The summed E-state index contributed by atoms with van der Waals surface area (Å²) in [6.45, 7) is 0. The van der Waals surface area contributed by atoms with Crippen molar-refractivity contribution in [1.82, 2.24) is 5.43 Å². The van der Waals surface area contributed by atoms with Crippen LogP contribution in [-0.4, -0.2) is 5.71 Å². The Morgan fingerprint density at radius 3 is 2.33 bits per heavy atom. The summed E-state index contributed by atoms with van der Waals surface area (Å²) in [5.74, 6) is 0.429. The van der Waals surface area contributed by atoms with Crippen LogP contribution in [0.2, 0.25) is 10.0 Å². The number of nitrogens with one attached hydrogen (secondary N) is 1. The van der Waals surface area contributed by atoms with Crippen molar-refractivity contribution < 1.29 is 0 Å². The van der Waals surface area contributed by atoms with Crippen LogP contribution in [0.5, 0.6) is 0 Å².